The van der Waals surface area contributed by atoms with Gasteiger partial charge < -0.3 is 15.5 Å². The highest BCUT2D eigenvalue weighted by Gasteiger charge is 2.22. The molecule has 2 amide bonds. The number of carbonyl (C=O) groups is 1. The maximum atomic E-state index is 13.6. The van der Waals surface area contributed by atoms with Crippen molar-refractivity contribution in [2.75, 3.05) is 19.6 Å². The average Bonchev–Trinajstić information content (AvgIpc) is 2.52. The summed E-state index contributed by atoms with van der Waals surface area (Å²) in [5.41, 5.74) is 0.505. The third kappa shape index (κ3) is 6.01. The summed E-state index contributed by atoms with van der Waals surface area (Å²) < 4.78 is 13.6. The van der Waals surface area contributed by atoms with E-state index >= 15 is 0 Å². The standard InChI is InChI=1S/C18H26Cl2FN3O/c1-11(2)10-24-6-4-13(5-7-24)23-18(25)22-12(3)14-8-17(21)16(20)9-15(14)19/h8-9,11-13H,4-7,10H2,1-3H3,(H2,22,23,25). The van der Waals surface area contributed by atoms with Crippen LogP contribution in [0.1, 0.15) is 45.2 Å². The predicted octanol–water partition coefficient (Wildman–Crippen LogP) is 4.61. The molecule has 0 radical (unpaired) electrons. The molecule has 0 spiro atoms. The summed E-state index contributed by atoms with van der Waals surface area (Å²) >= 11 is 11.8. The van der Waals surface area contributed by atoms with Crippen LogP contribution in [0.5, 0.6) is 0 Å². The lowest BCUT2D eigenvalue weighted by molar-refractivity contribution is 0.177. The van der Waals surface area contributed by atoms with Crippen LogP contribution in [0.3, 0.4) is 0 Å². The number of halogens is 3. The van der Waals surface area contributed by atoms with E-state index in [9.17, 15) is 9.18 Å². The van der Waals surface area contributed by atoms with Crippen LogP contribution in [-0.2, 0) is 0 Å². The van der Waals surface area contributed by atoms with Gasteiger partial charge in [0, 0.05) is 30.7 Å². The Balaban J connectivity index is 1.83. The van der Waals surface area contributed by atoms with E-state index in [1.165, 1.54) is 12.1 Å². The largest absolute Gasteiger partial charge is 0.335 e. The molecule has 7 heteroatoms. The van der Waals surface area contributed by atoms with Crippen molar-refractivity contribution in [3.8, 4) is 0 Å². The number of benzene rings is 1. The summed E-state index contributed by atoms with van der Waals surface area (Å²) in [7, 11) is 0. The summed E-state index contributed by atoms with van der Waals surface area (Å²) in [6.45, 7) is 9.27. The van der Waals surface area contributed by atoms with Crippen LogP contribution in [0.2, 0.25) is 10.0 Å². The van der Waals surface area contributed by atoms with Crippen LogP contribution in [0.15, 0.2) is 12.1 Å². The Bertz CT molecular complexity index is 604. The number of piperidine rings is 1. The summed E-state index contributed by atoms with van der Waals surface area (Å²) in [5, 5.41) is 6.12. The van der Waals surface area contributed by atoms with Gasteiger partial charge in [-0.25, -0.2) is 9.18 Å². The monoisotopic (exact) mass is 389 g/mol. The number of hydrogen-bond acceptors (Lipinski definition) is 2. The van der Waals surface area contributed by atoms with Crippen LogP contribution in [-0.4, -0.2) is 36.6 Å². The molecule has 140 valence electrons. The van der Waals surface area contributed by atoms with E-state index < -0.39 is 11.9 Å². The molecule has 1 saturated heterocycles. The quantitative estimate of drug-likeness (QED) is 0.721. The van der Waals surface area contributed by atoms with Gasteiger partial charge in [0.1, 0.15) is 5.82 Å². The highest BCUT2D eigenvalue weighted by Crippen LogP contribution is 2.28. The Morgan fingerprint density at radius 1 is 1.24 bits per heavy atom. The van der Waals surface area contributed by atoms with E-state index in [4.69, 9.17) is 23.2 Å². The van der Waals surface area contributed by atoms with Gasteiger partial charge in [0.25, 0.3) is 0 Å². The zero-order chi connectivity index (χ0) is 18.6. The lowest BCUT2D eigenvalue weighted by Crippen LogP contribution is -2.48. The molecule has 2 N–H and O–H groups in total. The third-order valence-electron chi connectivity index (χ3n) is 4.40. The lowest BCUT2D eigenvalue weighted by atomic mass is 10.0. The summed E-state index contributed by atoms with van der Waals surface area (Å²) in [6, 6.07) is 2.10. The lowest BCUT2D eigenvalue weighted by Gasteiger charge is -2.33. The zero-order valence-corrected chi connectivity index (χ0v) is 16.4. The maximum Gasteiger partial charge on any atom is 0.315 e. The van der Waals surface area contributed by atoms with Crippen molar-refractivity contribution in [2.24, 2.45) is 5.92 Å². The predicted molar refractivity (Wildman–Crippen MR) is 101 cm³/mol. The molecule has 1 aliphatic rings. The van der Waals surface area contributed by atoms with Crippen molar-refractivity contribution in [3.63, 3.8) is 0 Å². The minimum absolute atomic E-state index is 0.0291. The number of nitrogens with zero attached hydrogens (tertiary/aromatic N) is 1. The SMILES string of the molecule is CC(C)CN1CCC(NC(=O)NC(C)c2cc(F)c(Cl)cc2Cl)CC1. The van der Waals surface area contributed by atoms with E-state index in [0.717, 1.165) is 32.5 Å². The highest BCUT2D eigenvalue weighted by atomic mass is 35.5. The molecule has 25 heavy (non-hydrogen) atoms. The van der Waals surface area contributed by atoms with Crippen molar-refractivity contribution in [2.45, 2.75) is 45.7 Å². The van der Waals surface area contributed by atoms with Crippen LogP contribution >= 0.6 is 23.2 Å². The highest BCUT2D eigenvalue weighted by molar-refractivity contribution is 6.35. The second kappa shape index (κ2) is 9.06. The van der Waals surface area contributed by atoms with Crippen molar-refractivity contribution in [3.05, 3.63) is 33.6 Å². The molecule has 1 heterocycles. The minimum Gasteiger partial charge on any atom is -0.335 e. The maximum absolute atomic E-state index is 13.6. The van der Waals surface area contributed by atoms with Gasteiger partial charge in [0.2, 0.25) is 0 Å². The van der Waals surface area contributed by atoms with Gasteiger partial charge in [-0.1, -0.05) is 37.0 Å². The topological polar surface area (TPSA) is 44.4 Å². The Morgan fingerprint density at radius 2 is 1.88 bits per heavy atom. The fraction of sp³-hybridized carbons (Fsp3) is 0.611. The Kier molecular flexibility index (Phi) is 7.35. The Hall–Kier alpha value is -1.04. The molecule has 1 atom stereocenters. The molecular weight excluding hydrogens is 364 g/mol. The molecule has 2 rings (SSSR count). The van der Waals surface area contributed by atoms with Gasteiger partial charge in [0.15, 0.2) is 0 Å². The fourth-order valence-electron chi connectivity index (χ4n) is 3.15. The number of hydrogen-bond donors (Lipinski definition) is 2. The van der Waals surface area contributed by atoms with Crippen molar-refractivity contribution < 1.29 is 9.18 Å². The first kappa shape index (κ1) is 20.3. The van der Waals surface area contributed by atoms with Gasteiger partial charge in [0.05, 0.1) is 11.1 Å². The van der Waals surface area contributed by atoms with E-state index in [2.05, 4.69) is 29.4 Å². The van der Waals surface area contributed by atoms with Crippen LogP contribution in [0.25, 0.3) is 0 Å². The molecule has 0 aromatic heterocycles. The van der Waals surface area contributed by atoms with E-state index in [1.54, 1.807) is 6.92 Å². The van der Waals surface area contributed by atoms with Gasteiger partial charge in [-0.05, 0) is 43.4 Å². The Labute approximate surface area is 159 Å². The number of carbonyl (C=O) groups excluding carboxylic acids is 1. The molecule has 0 bridgehead atoms. The van der Waals surface area contributed by atoms with E-state index in [-0.39, 0.29) is 17.1 Å². The number of likely N-dealkylation sites (tertiary alicyclic amines) is 1. The number of rotatable bonds is 5. The number of nitrogens with one attached hydrogen (secondary N) is 2. The number of amides is 2. The molecular formula is C18H26Cl2FN3O. The van der Waals surface area contributed by atoms with Gasteiger partial charge in [-0.2, -0.15) is 0 Å². The van der Waals surface area contributed by atoms with Crippen molar-refractivity contribution >= 4 is 29.2 Å². The van der Waals surface area contributed by atoms with Crippen LogP contribution in [0, 0.1) is 11.7 Å². The van der Waals surface area contributed by atoms with Crippen molar-refractivity contribution in [1.82, 2.24) is 15.5 Å². The van der Waals surface area contributed by atoms with Gasteiger partial charge >= 0.3 is 6.03 Å². The summed E-state index contributed by atoms with van der Waals surface area (Å²) in [4.78, 5) is 14.6. The first-order chi connectivity index (χ1) is 11.8. The summed E-state index contributed by atoms with van der Waals surface area (Å²) in [6.07, 6.45) is 1.87. The van der Waals surface area contributed by atoms with E-state index in [0.29, 0.717) is 16.5 Å². The smallest absolute Gasteiger partial charge is 0.315 e. The minimum atomic E-state index is -0.548. The molecule has 1 fully saturated rings. The second-order valence-electron chi connectivity index (χ2n) is 7.10. The Morgan fingerprint density at radius 3 is 2.48 bits per heavy atom. The molecule has 0 saturated carbocycles. The zero-order valence-electron chi connectivity index (χ0n) is 14.9. The average molecular weight is 390 g/mol. The van der Waals surface area contributed by atoms with E-state index in [1.807, 2.05) is 0 Å². The summed E-state index contributed by atoms with van der Waals surface area (Å²) in [5.74, 6) is 0.103. The van der Waals surface area contributed by atoms with Crippen molar-refractivity contribution in [1.29, 1.82) is 0 Å². The van der Waals surface area contributed by atoms with Crippen LogP contribution < -0.4 is 10.6 Å². The molecule has 1 aromatic rings. The molecule has 1 aliphatic heterocycles. The molecule has 1 unspecified atom stereocenters. The van der Waals surface area contributed by atoms with Crippen LogP contribution in [0.4, 0.5) is 9.18 Å². The molecule has 4 nitrogen and oxygen atoms in total. The molecule has 0 aliphatic carbocycles. The normalized spacial score (nSPS) is 17.6. The van der Waals surface area contributed by atoms with Gasteiger partial charge in [-0.15, -0.1) is 0 Å². The first-order valence-electron chi connectivity index (χ1n) is 8.70. The number of urea groups is 1. The third-order valence-corrected chi connectivity index (χ3v) is 5.02. The first-order valence-corrected chi connectivity index (χ1v) is 9.45. The second-order valence-corrected chi connectivity index (χ2v) is 7.91. The molecule has 1 aromatic carbocycles. The fourth-order valence-corrected chi connectivity index (χ4v) is 3.69. The van der Waals surface area contributed by atoms with Gasteiger partial charge in [-0.3, -0.25) is 0 Å².